The molecule has 2 N–H and O–H groups in total. The highest BCUT2D eigenvalue weighted by Crippen LogP contribution is 2.29. The van der Waals surface area contributed by atoms with Crippen LogP contribution in [0.4, 0.5) is 5.82 Å². The molecule has 0 saturated heterocycles. The summed E-state index contributed by atoms with van der Waals surface area (Å²) in [6.07, 6.45) is 0. The van der Waals surface area contributed by atoms with Crippen LogP contribution in [0.2, 0.25) is 5.02 Å². The molecule has 0 atom stereocenters. The Morgan fingerprint density at radius 3 is 2.62 bits per heavy atom. The topological polar surface area (TPSA) is 53.1 Å². The molecule has 0 spiro atoms. The molecule has 1 heterocycles. The van der Waals surface area contributed by atoms with Gasteiger partial charge in [0.2, 0.25) is 0 Å². The van der Waals surface area contributed by atoms with Crippen molar-refractivity contribution in [3.05, 3.63) is 35.0 Å². The summed E-state index contributed by atoms with van der Waals surface area (Å²) in [5, 5.41) is 4.75. The minimum absolute atomic E-state index is 0.420. The fourth-order valence-electron chi connectivity index (χ4n) is 1.51. The number of halogens is 1. The van der Waals surface area contributed by atoms with Gasteiger partial charge in [-0.25, -0.2) is 4.68 Å². The first kappa shape index (κ1) is 10.8. The molecule has 0 radical (unpaired) electrons. The number of methoxy groups -OCH3 is 1. The van der Waals surface area contributed by atoms with Crippen LogP contribution in [0, 0.1) is 6.92 Å². The number of ether oxygens (including phenoxy) is 1. The summed E-state index contributed by atoms with van der Waals surface area (Å²) in [6, 6.07) is 7.50. The fraction of sp³-hybridized carbons (Fsp3) is 0.182. The van der Waals surface area contributed by atoms with E-state index < -0.39 is 0 Å². The van der Waals surface area contributed by atoms with Crippen LogP contribution in [0.3, 0.4) is 0 Å². The van der Waals surface area contributed by atoms with E-state index in [1.54, 1.807) is 11.8 Å². The first-order valence-electron chi connectivity index (χ1n) is 4.79. The number of aryl methyl sites for hydroxylation is 1. The second kappa shape index (κ2) is 4.06. The van der Waals surface area contributed by atoms with Gasteiger partial charge in [-0.2, -0.15) is 5.10 Å². The van der Waals surface area contributed by atoms with Crippen LogP contribution in [0.1, 0.15) is 5.69 Å². The molecular formula is C11H12ClN3O. The van der Waals surface area contributed by atoms with Crippen LogP contribution >= 0.6 is 11.6 Å². The van der Waals surface area contributed by atoms with Gasteiger partial charge in [-0.15, -0.1) is 0 Å². The van der Waals surface area contributed by atoms with E-state index in [0.29, 0.717) is 22.3 Å². The van der Waals surface area contributed by atoms with E-state index in [1.807, 2.05) is 31.2 Å². The predicted molar refractivity (Wildman–Crippen MR) is 64.3 cm³/mol. The Kier molecular flexibility index (Phi) is 2.75. The molecule has 0 aliphatic rings. The monoisotopic (exact) mass is 237 g/mol. The van der Waals surface area contributed by atoms with E-state index in [1.165, 1.54) is 0 Å². The Morgan fingerprint density at radius 1 is 1.38 bits per heavy atom. The molecular weight excluding hydrogens is 226 g/mol. The van der Waals surface area contributed by atoms with Gasteiger partial charge in [-0.1, -0.05) is 23.7 Å². The third-order valence-corrected chi connectivity index (χ3v) is 2.80. The number of anilines is 1. The SMILES string of the molecule is COc1ccccc1-n1nc(C)c(Cl)c1N. The average molecular weight is 238 g/mol. The van der Waals surface area contributed by atoms with E-state index in [-0.39, 0.29) is 0 Å². The zero-order valence-corrected chi connectivity index (χ0v) is 9.82. The molecule has 1 aromatic carbocycles. The Bertz CT molecular complexity index is 522. The van der Waals surface area contributed by atoms with Crippen LogP contribution in [-0.4, -0.2) is 16.9 Å². The van der Waals surface area contributed by atoms with E-state index in [2.05, 4.69) is 5.10 Å². The van der Waals surface area contributed by atoms with Gasteiger partial charge in [0.05, 0.1) is 12.8 Å². The van der Waals surface area contributed by atoms with E-state index >= 15 is 0 Å². The number of benzene rings is 1. The maximum Gasteiger partial charge on any atom is 0.146 e. The Hall–Kier alpha value is -1.68. The summed E-state index contributed by atoms with van der Waals surface area (Å²) in [5.41, 5.74) is 7.35. The highest BCUT2D eigenvalue weighted by molar-refractivity contribution is 6.33. The lowest BCUT2D eigenvalue weighted by atomic mass is 10.3. The molecule has 4 nitrogen and oxygen atoms in total. The largest absolute Gasteiger partial charge is 0.494 e. The van der Waals surface area contributed by atoms with Crippen LogP contribution in [0.25, 0.3) is 5.69 Å². The minimum atomic E-state index is 0.420. The molecule has 0 amide bonds. The molecule has 0 unspecified atom stereocenters. The quantitative estimate of drug-likeness (QED) is 0.873. The lowest BCUT2D eigenvalue weighted by Gasteiger charge is -2.09. The second-order valence-electron chi connectivity index (χ2n) is 3.37. The van der Waals surface area contributed by atoms with Crippen molar-refractivity contribution in [2.45, 2.75) is 6.92 Å². The highest BCUT2D eigenvalue weighted by atomic mass is 35.5. The van der Waals surface area contributed by atoms with Gasteiger partial charge in [0.25, 0.3) is 0 Å². The number of nitrogens with two attached hydrogens (primary N) is 1. The normalized spacial score (nSPS) is 10.4. The number of aromatic nitrogens is 2. The summed E-state index contributed by atoms with van der Waals surface area (Å²) >= 11 is 5.99. The van der Waals surface area contributed by atoms with Crippen molar-refractivity contribution in [2.75, 3.05) is 12.8 Å². The Balaban J connectivity index is 2.63. The van der Waals surface area contributed by atoms with Crippen molar-refractivity contribution in [2.24, 2.45) is 0 Å². The summed E-state index contributed by atoms with van der Waals surface area (Å²) in [5.74, 6) is 1.12. The van der Waals surface area contributed by atoms with Crippen LogP contribution in [0.15, 0.2) is 24.3 Å². The number of para-hydroxylation sites is 2. The van der Waals surface area contributed by atoms with Gasteiger partial charge >= 0.3 is 0 Å². The smallest absolute Gasteiger partial charge is 0.146 e. The van der Waals surface area contributed by atoms with Crippen LogP contribution in [0.5, 0.6) is 5.75 Å². The first-order chi connectivity index (χ1) is 7.65. The van der Waals surface area contributed by atoms with Crippen molar-refractivity contribution < 1.29 is 4.74 Å². The van der Waals surface area contributed by atoms with Gasteiger partial charge in [0.15, 0.2) is 0 Å². The van der Waals surface area contributed by atoms with Gasteiger partial charge in [-0.3, -0.25) is 0 Å². The molecule has 0 bridgehead atoms. The molecule has 5 heteroatoms. The molecule has 1 aromatic heterocycles. The van der Waals surface area contributed by atoms with Crippen molar-refractivity contribution in [3.63, 3.8) is 0 Å². The maximum absolute atomic E-state index is 5.99. The lowest BCUT2D eigenvalue weighted by molar-refractivity contribution is 0.412. The Morgan fingerprint density at radius 2 is 2.06 bits per heavy atom. The van der Waals surface area contributed by atoms with Crippen LogP contribution < -0.4 is 10.5 Å². The van der Waals surface area contributed by atoms with Crippen molar-refractivity contribution >= 4 is 17.4 Å². The number of nitrogen functional groups attached to an aromatic ring is 1. The van der Waals surface area contributed by atoms with E-state index in [0.717, 1.165) is 5.69 Å². The zero-order chi connectivity index (χ0) is 11.7. The molecule has 2 rings (SSSR count). The molecule has 84 valence electrons. The van der Waals surface area contributed by atoms with Crippen molar-refractivity contribution in [3.8, 4) is 11.4 Å². The number of nitrogens with zero attached hydrogens (tertiary/aromatic N) is 2. The molecule has 16 heavy (non-hydrogen) atoms. The third kappa shape index (κ3) is 1.61. The predicted octanol–water partition coefficient (Wildman–Crippen LogP) is 2.42. The molecule has 0 saturated carbocycles. The first-order valence-corrected chi connectivity index (χ1v) is 5.17. The van der Waals surface area contributed by atoms with Gasteiger partial charge in [-0.05, 0) is 19.1 Å². The molecule has 0 aliphatic carbocycles. The summed E-state index contributed by atoms with van der Waals surface area (Å²) in [6.45, 7) is 1.81. The van der Waals surface area contributed by atoms with E-state index in [9.17, 15) is 0 Å². The number of hydrogen-bond acceptors (Lipinski definition) is 3. The fourth-order valence-corrected chi connectivity index (χ4v) is 1.63. The summed E-state index contributed by atoms with van der Waals surface area (Å²) in [7, 11) is 1.60. The lowest BCUT2D eigenvalue weighted by Crippen LogP contribution is -2.03. The minimum Gasteiger partial charge on any atom is -0.494 e. The number of rotatable bonds is 2. The summed E-state index contributed by atoms with van der Waals surface area (Å²) in [4.78, 5) is 0. The van der Waals surface area contributed by atoms with Gasteiger partial charge < -0.3 is 10.5 Å². The molecule has 2 aromatic rings. The third-order valence-electron chi connectivity index (χ3n) is 2.33. The van der Waals surface area contributed by atoms with Gasteiger partial charge in [0.1, 0.15) is 22.3 Å². The van der Waals surface area contributed by atoms with Crippen LogP contribution in [-0.2, 0) is 0 Å². The van der Waals surface area contributed by atoms with Crippen molar-refractivity contribution in [1.82, 2.24) is 9.78 Å². The maximum atomic E-state index is 5.99. The molecule has 0 fully saturated rings. The standard InChI is InChI=1S/C11H12ClN3O/c1-7-10(12)11(13)15(14-7)8-5-3-4-6-9(8)16-2/h3-6H,13H2,1-2H3. The Labute approximate surface area is 98.6 Å². The van der Waals surface area contributed by atoms with Crippen molar-refractivity contribution in [1.29, 1.82) is 0 Å². The van der Waals surface area contributed by atoms with E-state index in [4.69, 9.17) is 22.1 Å². The molecule has 0 aliphatic heterocycles. The summed E-state index contributed by atoms with van der Waals surface area (Å²) < 4.78 is 6.82. The zero-order valence-electron chi connectivity index (χ0n) is 9.07. The van der Waals surface area contributed by atoms with Gasteiger partial charge in [0, 0.05) is 0 Å². The average Bonchev–Trinajstić information content (AvgIpc) is 2.57. The second-order valence-corrected chi connectivity index (χ2v) is 3.75. The number of hydrogen-bond donors (Lipinski definition) is 1. The highest BCUT2D eigenvalue weighted by Gasteiger charge is 2.14.